The van der Waals surface area contributed by atoms with E-state index in [0.717, 1.165) is 72.8 Å². The third-order valence-corrected chi connectivity index (χ3v) is 16.8. The van der Waals surface area contributed by atoms with Gasteiger partial charge in [-0.25, -0.2) is 0 Å². The summed E-state index contributed by atoms with van der Waals surface area (Å²) in [6, 6.07) is 104. The van der Waals surface area contributed by atoms with Gasteiger partial charge in [-0.1, -0.05) is 224 Å². The van der Waals surface area contributed by atoms with Crippen LogP contribution in [0.4, 0.5) is 17.1 Å². The van der Waals surface area contributed by atoms with Crippen LogP contribution in [-0.2, 0) is 10.8 Å². The first-order valence-corrected chi connectivity index (χ1v) is 26.6. The number of fused-ring (bicyclic) bond motifs is 15. The van der Waals surface area contributed by atoms with Gasteiger partial charge in [0.2, 0.25) is 0 Å². The minimum Gasteiger partial charge on any atom is -0.457 e. The van der Waals surface area contributed by atoms with Crippen molar-refractivity contribution in [3.05, 3.63) is 330 Å². The highest BCUT2D eigenvalue weighted by Gasteiger charge is 2.52. The molecule has 3 aliphatic rings. The van der Waals surface area contributed by atoms with Gasteiger partial charge in [0.05, 0.1) is 21.9 Å². The van der Waals surface area contributed by atoms with Crippen LogP contribution in [0.1, 0.15) is 44.5 Å². The molecule has 3 heteroatoms. The Morgan fingerprint density at radius 3 is 1.61 bits per heavy atom. The van der Waals surface area contributed by atoms with Gasteiger partial charge in [0.15, 0.2) is 0 Å². The quantitative estimate of drug-likeness (QED) is 0.159. The third-order valence-electron chi connectivity index (χ3n) is 16.8. The minimum atomic E-state index is -0.669. The van der Waals surface area contributed by atoms with Crippen LogP contribution < -0.4 is 9.64 Å². The molecule has 0 fully saturated rings. The van der Waals surface area contributed by atoms with Gasteiger partial charge in [0.1, 0.15) is 22.7 Å². The molecule has 2 heterocycles. The number of hydrogen-bond acceptors (Lipinski definition) is 3. The highest BCUT2D eigenvalue weighted by atomic mass is 16.5. The first-order chi connectivity index (χ1) is 38.2. The summed E-state index contributed by atoms with van der Waals surface area (Å²) in [6.07, 6.45) is 0. The molecule has 0 radical (unpaired) electrons. The summed E-state index contributed by atoms with van der Waals surface area (Å²) in [6.45, 7) is 0. The van der Waals surface area contributed by atoms with Crippen molar-refractivity contribution >= 4 is 39.0 Å². The average molecular weight is 982 g/mol. The molecule has 1 unspecified atom stereocenters. The van der Waals surface area contributed by atoms with Crippen molar-refractivity contribution < 1.29 is 9.15 Å². The molecule has 13 aromatic rings. The molecule has 0 saturated carbocycles. The summed E-state index contributed by atoms with van der Waals surface area (Å²) < 4.78 is 13.7. The van der Waals surface area contributed by atoms with Crippen molar-refractivity contribution in [2.75, 3.05) is 4.90 Å². The number of furan rings is 1. The number of anilines is 3. The topological polar surface area (TPSA) is 25.6 Å². The molecule has 0 amide bonds. The fourth-order valence-corrected chi connectivity index (χ4v) is 13.8. The first kappa shape index (κ1) is 43.4. The number of hydrogen-bond donors (Lipinski definition) is 0. The Morgan fingerprint density at radius 2 is 0.857 bits per heavy atom. The molecule has 1 aromatic heterocycles. The molecule has 360 valence electrons. The predicted octanol–water partition coefficient (Wildman–Crippen LogP) is 19.2. The third kappa shape index (κ3) is 6.14. The fourth-order valence-electron chi connectivity index (χ4n) is 13.8. The molecule has 0 saturated heterocycles. The second-order valence-electron chi connectivity index (χ2n) is 20.6. The summed E-state index contributed by atoms with van der Waals surface area (Å²) in [7, 11) is 0. The van der Waals surface area contributed by atoms with Crippen LogP contribution in [0.3, 0.4) is 0 Å². The van der Waals surface area contributed by atoms with E-state index in [2.05, 4.69) is 290 Å². The Labute approximate surface area is 447 Å². The lowest BCUT2D eigenvalue weighted by Crippen LogP contribution is -2.32. The molecule has 0 bridgehead atoms. The fraction of sp³-hybridized carbons (Fsp3) is 0.0270. The SMILES string of the molecule is c1ccc(-c2ccc3oc4cccc(N(c5cccc(C6(c7ccccc7)c7ccccc7-c7c(-c8ccccc8)cccc76)c5)c5ccc6c(c5)C5(c7ccccc7Oc7ccccc75)c5ccccc5-6)c4c3c2)cc1. The van der Waals surface area contributed by atoms with Crippen LogP contribution in [0, 0.1) is 0 Å². The molecule has 12 aromatic carbocycles. The van der Waals surface area contributed by atoms with E-state index in [-0.39, 0.29) is 0 Å². The van der Waals surface area contributed by atoms with Gasteiger partial charge in [-0.15, -0.1) is 0 Å². The molecule has 1 atom stereocenters. The minimum absolute atomic E-state index is 0.662. The number of rotatable bonds is 7. The summed E-state index contributed by atoms with van der Waals surface area (Å²) in [4.78, 5) is 2.49. The van der Waals surface area contributed by atoms with Gasteiger partial charge < -0.3 is 14.1 Å². The number of benzene rings is 12. The van der Waals surface area contributed by atoms with Gasteiger partial charge in [0, 0.05) is 27.9 Å². The van der Waals surface area contributed by atoms with Gasteiger partial charge in [0.25, 0.3) is 0 Å². The molecule has 2 aliphatic carbocycles. The van der Waals surface area contributed by atoms with Crippen molar-refractivity contribution in [3.63, 3.8) is 0 Å². The van der Waals surface area contributed by atoms with Crippen LogP contribution in [0.15, 0.2) is 290 Å². The van der Waals surface area contributed by atoms with E-state index >= 15 is 0 Å². The molecule has 1 aliphatic heterocycles. The maximum Gasteiger partial charge on any atom is 0.137 e. The van der Waals surface area contributed by atoms with E-state index in [1.54, 1.807) is 0 Å². The van der Waals surface area contributed by atoms with Crippen LogP contribution in [0.2, 0.25) is 0 Å². The predicted molar refractivity (Wildman–Crippen MR) is 314 cm³/mol. The van der Waals surface area contributed by atoms with Crippen LogP contribution in [0.25, 0.3) is 66.4 Å². The number of para-hydroxylation sites is 2. The highest BCUT2D eigenvalue weighted by Crippen LogP contribution is 2.64. The first-order valence-electron chi connectivity index (χ1n) is 26.6. The molecular weight excluding hydrogens is 935 g/mol. The zero-order chi connectivity index (χ0) is 50.7. The summed E-state index contributed by atoms with van der Waals surface area (Å²) >= 11 is 0. The monoisotopic (exact) mass is 981 g/mol. The van der Waals surface area contributed by atoms with Crippen molar-refractivity contribution in [1.82, 2.24) is 0 Å². The Balaban J connectivity index is 0.995. The Kier molecular flexibility index (Phi) is 9.47. The zero-order valence-electron chi connectivity index (χ0n) is 41.9. The lowest BCUT2D eigenvalue weighted by Gasteiger charge is -2.39. The van der Waals surface area contributed by atoms with E-state index in [1.165, 1.54) is 66.8 Å². The molecule has 1 spiro atoms. The van der Waals surface area contributed by atoms with E-state index in [9.17, 15) is 0 Å². The molecular formula is C74H47NO2. The maximum atomic E-state index is 6.85. The Hall–Kier alpha value is -9.96. The van der Waals surface area contributed by atoms with Crippen molar-refractivity contribution in [2.45, 2.75) is 10.8 Å². The number of nitrogens with zero attached hydrogens (tertiary/aromatic N) is 1. The standard InChI is InChI=1S/C74H47NO2/c1-4-21-48(22-5-1)50-41-44-67-59(45-50)72-66(37-20-40-70(72)76-67)75(54-42-43-57-56-29-10-12-32-60(56)74(65(57)47-54)62-34-14-16-38-68(62)77-69-39-17-15-35-63(69)74)53-28-18-27-52(46-53)73(51-25-8-3-9-26-51)61-33-13-11-30-58(61)71-55(31-19-36-64(71)73)49-23-6-2-7-24-49/h1-47H. The van der Waals surface area contributed by atoms with Crippen molar-refractivity contribution in [2.24, 2.45) is 0 Å². The number of ether oxygens (including phenoxy) is 1. The van der Waals surface area contributed by atoms with Crippen molar-refractivity contribution in [3.8, 4) is 56.0 Å². The van der Waals surface area contributed by atoms with E-state index in [1.807, 2.05) is 0 Å². The van der Waals surface area contributed by atoms with Crippen LogP contribution in [0.5, 0.6) is 11.5 Å². The largest absolute Gasteiger partial charge is 0.457 e. The lowest BCUT2D eigenvalue weighted by molar-refractivity contribution is 0.436. The van der Waals surface area contributed by atoms with Crippen LogP contribution >= 0.6 is 0 Å². The van der Waals surface area contributed by atoms with E-state index in [4.69, 9.17) is 9.15 Å². The molecule has 16 rings (SSSR count). The Bertz CT molecular complexity index is 4450. The summed E-state index contributed by atoms with van der Waals surface area (Å²) in [5.74, 6) is 1.73. The molecule has 0 N–H and O–H groups in total. The average Bonchev–Trinajstić information content (AvgIpc) is 4.34. The maximum absolute atomic E-state index is 6.85. The Morgan fingerprint density at radius 1 is 0.299 bits per heavy atom. The van der Waals surface area contributed by atoms with Gasteiger partial charge in [-0.2, -0.15) is 0 Å². The lowest BCUT2D eigenvalue weighted by atomic mass is 9.66. The van der Waals surface area contributed by atoms with Gasteiger partial charge in [-0.3, -0.25) is 0 Å². The highest BCUT2D eigenvalue weighted by molar-refractivity contribution is 6.14. The smallest absolute Gasteiger partial charge is 0.137 e. The molecule has 77 heavy (non-hydrogen) atoms. The summed E-state index contributed by atoms with van der Waals surface area (Å²) in [5, 5.41) is 2.11. The van der Waals surface area contributed by atoms with E-state index in [0.29, 0.717) is 0 Å². The summed E-state index contributed by atoms with van der Waals surface area (Å²) in [5.41, 5.74) is 22.7. The normalized spacial score (nSPS) is 15.0. The zero-order valence-corrected chi connectivity index (χ0v) is 41.9. The second-order valence-corrected chi connectivity index (χ2v) is 20.6. The molecule has 3 nitrogen and oxygen atoms in total. The second kappa shape index (κ2) is 16.8. The van der Waals surface area contributed by atoms with Crippen molar-refractivity contribution in [1.29, 1.82) is 0 Å². The van der Waals surface area contributed by atoms with Gasteiger partial charge in [-0.05, 0) is 139 Å². The van der Waals surface area contributed by atoms with E-state index < -0.39 is 10.8 Å². The van der Waals surface area contributed by atoms with Gasteiger partial charge >= 0.3 is 0 Å². The van der Waals surface area contributed by atoms with Crippen LogP contribution in [-0.4, -0.2) is 0 Å².